The van der Waals surface area contributed by atoms with Crippen molar-refractivity contribution < 1.29 is 14.3 Å². The number of hydrogen-bond donors (Lipinski definition) is 1. The van der Waals surface area contributed by atoms with E-state index in [4.69, 9.17) is 16.9 Å². The molecule has 0 fully saturated rings. The van der Waals surface area contributed by atoms with Crippen molar-refractivity contribution in [3.05, 3.63) is 35.9 Å². The van der Waals surface area contributed by atoms with Crippen LogP contribution in [0, 0.1) is 12.3 Å². The quantitative estimate of drug-likeness (QED) is 0.620. The molecular formula is C13H13NO3. The Balaban J connectivity index is 2.79. The summed E-state index contributed by atoms with van der Waals surface area (Å²) in [4.78, 5) is 22.7. The number of carbonyl (C=O) groups excluding carboxylic acids is 2. The van der Waals surface area contributed by atoms with Gasteiger partial charge in [-0.3, -0.25) is 4.79 Å². The van der Waals surface area contributed by atoms with Crippen molar-refractivity contribution in [3.63, 3.8) is 0 Å². The van der Waals surface area contributed by atoms with Crippen molar-refractivity contribution >= 4 is 11.9 Å². The Hall–Kier alpha value is -2.28. The summed E-state index contributed by atoms with van der Waals surface area (Å²) in [6.07, 6.45) is 3.84. The van der Waals surface area contributed by atoms with Crippen LogP contribution < -0.4 is 5.73 Å². The third-order valence-corrected chi connectivity index (χ3v) is 2.16. The molecule has 0 aliphatic heterocycles. The van der Waals surface area contributed by atoms with Gasteiger partial charge in [0.15, 0.2) is 6.10 Å². The molecule has 1 aromatic rings. The van der Waals surface area contributed by atoms with Gasteiger partial charge in [0.1, 0.15) is 0 Å². The van der Waals surface area contributed by atoms with Gasteiger partial charge in [-0.25, -0.2) is 4.79 Å². The summed E-state index contributed by atoms with van der Waals surface area (Å²) in [6, 6.07) is 8.55. The Labute approximate surface area is 99.8 Å². The van der Waals surface area contributed by atoms with Crippen LogP contribution in [-0.2, 0) is 4.74 Å². The van der Waals surface area contributed by atoms with Gasteiger partial charge < -0.3 is 10.5 Å². The lowest BCUT2D eigenvalue weighted by Gasteiger charge is -2.14. The summed E-state index contributed by atoms with van der Waals surface area (Å²) < 4.78 is 4.76. The molecule has 0 saturated heterocycles. The fourth-order valence-electron chi connectivity index (χ4n) is 1.39. The zero-order chi connectivity index (χ0) is 12.7. The lowest BCUT2D eigenvalue weighted by atomic mass is 10.0. The second-order valence-corrected chi connectivity index (χ2v) is 3.40. The molecule has 2 N–H and O–H groups in total. The largest absolute Gasteiger partial charge is 0.438 e. The molecule has 0 spiro atoms. The van der Waals surface area contributed by atoms with Crippen LogP contribution in [0.3, 0.4) is 0 Å². The maximum Gasteiger partial charge on any atom is 0.405 e. The van der Waals surface area contributed by atoms with Crippen molar-refractivity contribution in [2.45, 2.75) is 18.9 Å². The third-order valence-electron chi connectivity index (χ3n) is 2.16. The van der Waals surface area contributed by atoms with E-state index in [0.29, 0.717) is 12.0 Å². The molecule has 0 radical (unpaired) electrons. The third kappa shape index (κ3) is 3.99. The Morgan fingerprint density at radius 1 is 1.35 bits per heavy atom. The minimum absolute atomic E-state index is 0.271. The van der Waals surface area contributed by atoms with Crippen LogP contribution in [-0.4, -0.2) is 18.0 Å². The van der Waals surface area contributed by atoms with E-state index in [1.54, 1.807) is 30.3 Å². The summed E-state index contributed by atoms with van der Waals surface area (Å²) in [5.41, 5.74) is 5.38. The summed E-state index contributed by atoms with van der Waals surface area (Å²) >= 11 is 0. The number of Topliss-reactive ketones (excluding diaryl/α,β-unsaturated/α-hetero) is 1. The second kappa shape index (κ2) is 6.33. The normalized spacial score (nSPS) is 11.2. The first-order valence-electron chi connectivity index (χ1n) is 5.14. The number of ketones is 1. The maximum atomic E-state index is 12.0. The lowest BCUT2D eigenvalue weighted by molar-refractivity contribution is 0.0638. The molecule has 1 unspecified atom stereocenters. The molecule has 0 aliphatic rings. The molecule has 0 aliphatic carbocycles. The van der Waals surface area contributed by atoms with Crippen molar-refractivity contribution in [2.75, 3.05) is 0 Å². The fourth-order valence-corrected chi connectivity index (χ4v) is 1.39. The molecule has 17 heavy (non-hydrogen) atoms. The summed E-state index contributed by atoms with van der Waals surface area (Å²) in [7, 11) is 0. The lowest BCUT2D eigenvalue weighted by Crippen LogP contribution is -2.30. The van der Waals surface area contributed by atoms with Crippen LogP contribution in [0.2, 0.25) is 0 Å². The SMILES string of the molecule is C#CCCC(OC(N)=O)C(=O)c1ccccc1. The number of rotatable bonds is 5. The monoisotopic (exact) mass is 231 g/mol. The number of nitrogens with two attached hydrogens (primary N) is 1. The summed E-state index contributed by atoms with van der Waals surface area (Å²) in [5, 5.41) is 0. The van der Waals surface area contributed by atoms with E-state index in [1.165, 1.54) is 0 Å². The van der Waals surface area contributed by atoms with Crippen molar-refractivity contribution in [1.29, 1.82) is 0 Å². The Morgan fingerprint density at radius 3 is 2.53 bits per heavy atom. The van der Waals surface area contributed by atoms with Gasteiger partial charge in [0, 0.05) is 18.4 Å². The summed E-state index contributed by atoms with van der Waals surface area (Å²) in [6.45, 7) is 0. The molecular weight excluding hydrogens is 218 g/mol. The minimum atomic E-state index is -0.976. The number of primary amides is 1. The molecule has 1 atom stereocenters. The molecule has 0 aromatic heterocycles. The first-order valence-corrected chi connectivity index (χ1v) is 5.14. The first kappa shape index (κ1) is 12.8. The van der Waals surface area contributed by atoms with Gasteiger partial charge in [-0.15, -0.1) is 12.3 Å². The van der Waals surface area contributed by atoms with Gasteiger partial charge in [-0.1, -0.05) is 30.3 Å². The topological polar surface area (TPSA) is 69.4 Å². The number of terminal acetylenes is 1. The second-order valence-electron chi connectivity index (χ2n) is 3.40. The average Bonchev–Trinajstić information content (AvgIpc) is 2.34. The molecule has 0 saturated carbocycles. The molecule has 0 bridgehead atoms. The van der Waals surface area contributed by atoms with E-state index in [9.17, 15) is 9.59 Å². The zero-order valence-electron chi connectivity index (χ0n) is 9.26. The van der Waals surface area contributed by atoms with Gasteiger partial charge >= 0.3 is 6.09 Å². The smallest absolute Gasteiger partial charge is 0.405 e. The Bertz CT molecular complexity index is 434. The van der Waals surface area contributed by atoms with E-state index >= 15 is 0 Å². The number of amides is 1. The standard InChI is InChI=1S/C13H13NO3/c1-2-3-9-11(17-13(14)16)12(15)10-7-5-4-6-8-10/h1,4-8,11H,3,9H2,(H2,14,16). The van der Waals surface area contributed by atoms with E-state index < -0.39 is 12.2 Å². The highest BCUT2D eigenvalue weighted by Crippen LogP contribution is 2.11. The summed E-state index contributed by atoms with van der Waals surface area (Å²) in [5.74, 6) is 2.10. The van der Waals surface area contributed by atoms with Crippen LogP contribution in [0.25, 0.3) is 0 Å². The highest BCUT2D eigenvalue weighted by Gasteiger charge is 2.22. The molecule has 88 valence electrons. The molecule has 1 rings (SSSR count). The molecule has 0 heterocycles. The molecule has 4 heteroatoms. The van der Waals surface area contributed by atoms with Crippen molar-refractivity contribution in [1.82, 2.24) is 0 Å². The van der Waals surface area contributed by atoms with Crippen LogP contribution in [0.15, 0.2) is 30.3 Å². The van der Waals surface area contributed by atoms with E-state index in [0.717, 1.165) is 0 Å². The van der Waals surface area contributed by atoms with Crippen molar-refractivity contribution in [2.24, 2.45) is 5.73 Å². The molecule has 1 amide bonds. The average molecular weight is 231 g/mol. The highest BCUT2D eigenvalue weighted by atomic mass is 16.6. The predicted octanol–water partition coefficient (Wildman–Crippen LogP) is 1.75. The van der Waals surface area contributed by atoms with Gasteiger partial charge in [0.25, 0.3) is 0 Å². The number of benzene rings is 1. The number of hydrogen-bond acceptors (Lipinski definition) is 3. The highest BCUT2D eigenvalue weighted by molar-refractivity contribution is 6.00. The van der Waals surface area contributed by atoms with Crippen molar-refractivity contribution in [3.8, 4) is 12.3 Å². The fraction of sp³-hybridized carbons (Fsp3) is 0.231. The molecule has 1 aromatic carbocycles. The van der Waals surface area contributed by atoms with Gasteiger partial charge in [-0.2, -0.15) is 0 Å². The van der Waals surface area contributed by atoms with E-state index in [2.05, 4.69) is 5.92 Å². The van der Waals surface area contributed by atoms with Crippen LogP contribution in [0.4, 0.5) is 4.79 Å². The van der Waals surface area contributed by atoms with Crippen LogP contribution in [0.5, 0.6) is 0 Å². The minimum Gasteiger partial charge on any atom is -0.438 e. The van der Waals surface area contributed by atoms with Crippen LogP contribution >= 0.6 is 0 Å². The Morgan fingerprint density at radius 2 is 2.00 bits per heavy atom. The number of ether oxygens (including phenoxy) is 1. The Kier molecular flexibility index (Phi) is 4.77. The van der Waals surface area contributed by atoms with Crippen LogP contribution in [0.1, 0.15) is 23.2 Å². The number of carbonyl (C=O) groups is 2. The van der Waals surface area contributed by atoms with E-state index in [-0.39, 0.29) is 12.2 Å². The van der Waals surface area contributed by atoms with Gasteiger partial charge in [-0.05, 0) is 0 Å². The predicted molar refractivity (Wildman–Crippen MR) is 63.3 cm³/mol. The maximum absolute atomic E-state index is 12.0. The van der Waals surface area contributed by atoms with E-state index in [1.807, 2.05) is 0 Å². The first-order chi connectivity index (χ1) is 8.15. The molecule has 4 nitrogen and oxygen atoms in total. The van der Waals surface area contributed by atoms with Gasteiger partial charge in [0.2, 0.25) is 5.78 Å². The van der Waals surface area contributed by atoms with Gasteiger partial charge in [0.05, 0.1) is 0 Å². The zero-order valence-corrected chi connectivity index (χ0v) is 9.26.